The van der Waals surface area contributed by atoms with E-state index in [9.17, 15) is 23.3 Å². The van der Waals surface area contributed by atoms with Gasteiger partial charge in [-0.2, -0.15) is 0 Å². The molecule has 9 nitrogen and oxygen atoms in total. The number of nitrogens with zero attached hydrogens (tertiary/aromatic N) is 2. The number of aliphatic carboxylic acids is 1. The SMILES string of the molecule is N[C@@H](CSS(=O)(=O)c1ncccc1[N+](=O)[O-])C(=O)O. The van der Waals surface area contributed by atoms with Crippen molar-refractivity contribution in [2.45, 2.75) is 11.1 Å². The molecule has 0 aromatic carbocycles. The van der Waals surface area contributed by atoms with Gasteiger partial charge in [-0.15, -0.1) is 0 Å². The Balaban J connectivity index is 3.01. The molecule has 1 aromatic rings. The van der Waals surface area contributed by atoms with Gasteiger partial charge in [-0.25, -0.2) is 13.4 Å². The highest BCUT2D eigenvalue weighted by Crippen LogP contribution is 2.29. The molecule has 1 heterocycles. The average Bonchev–Trinajstić information content (AvgIpc) is 2.35. The van der Waals surface area contributed by atoms with E-state index < -0.39 is 42.3 Å². The topological polar surface area (TPSA) is 153 Å². The summed E-state index contributed by atoms with van der Waals surface area (Å²) in [6, 6.07) is 0.838. The van der Waals surface area contributed by atoms with Crippen LogP contribution in [0.5, 0.6) is 0 Å². The minimum atomic E-state index is -4.14. The highest BCUT2D eigenvalue weighted by atomic mass is 33.1. The number of nitro groups is 1. The van der Waals surface area contributed by atoms with Gasteiger partial charge in [-0.05, 0) is 16.9 Å². The molecule has 104 valence electrons. The molecule has 3 N–H and O–H groups in total. The van der Waals surface area contributed by atoms with Crippen molar-refractivity contribution in [3.8, 4) is 0 Å². The fourth-order valence-electron chi connectivity index (χ4n) is 1.00. The minimum Gasteiger partial charge on any atom is -0.480 e. The standard InChI is InChI=1S/C8H9N3O6S2/c9-5(8(12)13)4-18-19(16,17)7-6(11(14)15)2-1-3-10-7/h1-3,5H,4,9H2,(H,12,13)/t5-/m0/s1. The molecule has 0 amide bonds. The number of nitrogens with two attached hydrogens (primary N) is 1. The van der Waals surface area contributed by atoms with Gasteiger partial charge in [0.05, 0.1) is 4.92 Å². The smallest absolute Gasteiger partial charge is 0.321 e. The largest absolute Gasteiger partial charge is 0.480 e. The maximum absolute atomic E-state index is 11.8. The van der Waals surface area contributed by atoms with Crippen molar-refractivity contribution in [1.29, 1.82) is 0 Å². The number of carbonyl (C=O) groups is 1. The molecular weight excluding hydrogens is 298 g/mol. The molecule has 0 aliphatic heterocycles. The van der Waals surface area contributed by atoms with Gasteiger partial charge in [-0.1, -0.05) is 0 Å². The van der Waals surface area contributed by atoms with Crippen molar-refractivity contribution in [3.63, 3.8) is 0 Å². The molecule has 0 saturated carbocycles. The summed E-state index contributed by atoms with van der Waals surface area (Å²) in [6.45, 7) is 0. The fraction of sp³-hybridized carbons (Fsp3) is 0.250. The zero-order valence-electron chi connectivity index (χ0n) is 9.29. The Labute approximate surface area is 111 Å². The summed E-state index contributed by atoms with van der Waals surface area (Å²) in [6.07, 6.45) is 1.09. The van der Waals surface area contributed by atoms with Gasteiger partial charge in [0.2, 0.25) is 5.03 Å². The predicted molar refractivity (Wildman–Crippen MR) is 66.1 cm³/mol. The Hall–Kier alpha value is -1.72. The normalized spacial score (nSPS) is 12.9. The Kier molecular flexibility index (Phi) is 4.80. The van der Waals surface area contributed by atoms with Crippen LogP contribution in [0.3, 0.4) is 0 Å². The summed E-state index contributed by atoms with van der Waals surface area (Å²) >= 11 is 0. The van der Waals surface area contributed by atoms with Crippen molar-refractivity contribution in [2.24, 2.45) is 5.73 Å². The van der Waals surface area contributed by atoms with Gasteiger partial charge in [-0.3, -0.25) is 14.9 Å². The summed E-state index contributed by atoms with van der Waals surface area (Å²) in [5, 5.41) is 18.5. The highest BCUT2D eigenvalue weighted by Gasteiger charge is 2.29. The number of carboxylic acids is 1. The molecule has 1 atom stereocenters. The van der Waals surface area contributed by atoms with Crippen LogP contribution in [0.15, 0.2) is 23.4 Å². The Morgan fingerprint density at radius 3 is 2.79 bits per heavy atom. The van der Waals surface area contributed by atoms with Crippen LogP contribution in [-0.2, 0) is 13.7 Å². The van der Waals surface area contributed by atoms with E-state index in [1.165, 1.54) is 6.07 Å². The Morgan fingerprint density at radius 1 is 1.63 bits per heavy atom. The second-order valence-corrected chi connectivity index (χ2v) is 7.16. The van der Waals surface area contributed by atoms with E-state index in [0.29, 0.717) is 0 Å². The number of pyridine rings is 1. The van der Waals surface area contributed by atoms with Crippen molar-refractivity contribution in [3.05, 3.63) is 28.4 Å². The Bertz CT molecular complexity index is 602. The molecule has 0 aliphatic carbocycles. The van der Waals surface area contributed by atoms with Crippen molar-refractivity contribution in [1.82, 2.24) is 4.98 Å². The molecule has 0 spiro atoms. The van der Waals surface area contributed by atoms with E-state index in [1.807, 2.05) is 0 Å². The van der Waals surface area contributed by atoms with Gasteiger partial charge in [0.1, 0.15) is 6.04 Å². The van der Waals surface area contributed by atoms with Crippen LogP contribution in [0.1, 0.15) is 0 Å². The highest BCUT2D eigenvalue weighted by molar-refractivity contribution is 8.72. The number of aromatic nitrogens is 1. The van der Waals surface area contributed by atoms with E-state index in [4.69, 9.17) is 10.8 Å². The number of hydrogen-bond donors (Lipinski definition) is 2. The molecule has 0 fully saturated rings. The maximum atomic E-state index is 11.8. The Morgan fingerprint density at radius 2 is 2.26 bits per heavy atom. The lowest BCUT2D eigenvalue weighted by atomic mass is 10.4. The van der Waals surface area contributed by atoms with Crippen LogP contribution in [0.4, 0.5) is 5.69 Å². The van der Waals surface area contributed by atoms with Gasteiger partial charge < -0.3 is 10.8 Å². The van der Waals surface area contributed by atoms with Crippen LogP contribution in [0.25, 0.3) is 0 Å². The molecule has 0 bridgehead atoms. The van der Waals surface area contributed by atoms with Crippen LogP contribution in [0.2, 0.25) is 0 Å². The molecule has 0 saturated heterocycles. The van der Waals surface area contributed by atoms with Crippen molar-refractivity contribution >= 4 is 31.3 Å². The molecule has 11 heteroatoms. The number of rotatable bonds is 6. The van der Waals surface area contributed by atoms with E-state index >= 15 is 0 Å². The summed E-state index contributed by atoms with van der Waals surface area (Å²) in [5.74, 6) is -1.80. The first-order valence-corrected chi connectivity index (χ1v) is 7.71. The zero-order valence-corrected chi connectivity index (χ0v) is 10.9. The maximum Gasteiger partial charge on any atom is 0.321 e. The predicted octanol–water partition coefficient (Wildman–Crippen LogP) is -0.176. The number of carboxylic acid groups (broad SMARTS) is 1. The summed E-state index contributed by atoms with van der Waals surface area (Å²) < 4.78 is 23.7. The van der Waals surface area contributed by atoms with Crippen LogP contribution >= 0.6 is 10.8 Å². The summed E-state index contributed by atoms with van der Waals surface area (Å²) in [5.41, 5.74) is 4.49. The van der Waals surface area contributed by atoms with Gasteiger partial charge >= 0.3 is 11.7 Å². The van der Waals surface area contributed by atoms with E-state index in [0.717, 1.165) is 12.3 Å². The van der Waals surface area contributed by atoms with Gasteiger partial charge in [0, 0.05) is 18.0 Å². The first kappa shape index (κ1) is 15.3. The summed E-state index contributed by atoms with van der Waals surface area (Å²) in [7, 11) is -3.94. The third kappa shape index (κ3) is 3.87. The molecular formula is C8H9N3O6S2. The monoisotopic (exact) mass is 307 g/mol. The molecule has 0 unspecified atom stereocenters. The number of hydrogen-bond acceptors (Lipinski definition) is 8. The van der Waals surface area contributed by atoms with Crippen LogP contribution in [-0.4, -0.2) is 41.2 Å². The second-order valence-electron chi connectivity index (χ2n) is 3.27. The lowest BCUT2D eigenvalue weighted by Crippen LogP contribution is -2.32. The van der Waals surface area contributed by atoms with Crippen LogP contribution < -0.4 is 5.73 Å². The summed E-state index contributed by atoms with van der Waals surface area (Å²) in [4.78, 5) is 23.7. The van der Waals surface area contributed by atoms with E-state index in [1.54, 1.807) is 0 Å². The fourth-order valence-corrected chi connectivity index (χ4v) is 3.87. The van der Waals surface area contributed by atoms with Crippen molar-refractivity contribution in [2.75, 3.05) is 5.75 Å². The first-order chi connectivity index (χ1) is 8.75. The minimum absolute atomic E-state index is 0.199. The molecule has 1 rings (SSSR count). The third-order valence-electron chi connectivity index (χ3n) is 1.90. The molecule has 19 heavy (non-hydrogen) atoms. The molecule has 1 aromatic heterocycles. The van der Waals surface area contributed by atoms with Crippen molar-refractivity contribution < 1.29 is 23.2 Å². The molecule has 0 aliphatic rings. The van der Waals surface area contributed by atoms with Crippen LogP contribution in [0, 0.1) is 10.1 Å². The first-order valence-electron chi connectivity index (χ1n) is 4.73. The average molecular weight is 307 g/mol. The van der Waals surface area contributed by atoms with E-state index in [2.05, 4.69) is 4.98 Å². The quantitative estimate of drug-likeness (QED) is 0.414. The third-order valence-corrected chi connectivity index (χ3v) is 5.31. The lowest BCUT2D eigenvalue weighted by Gasteiger charge is -2.06. The van der Waals surface area contributed by atoms with E-state index in [-0.39, 0.29) is 10.8 Å². The van der Waals surface area contributed by atoms with Gasteiger partial charge in [0.25, 0.3) is 8.87 Å². The lowest BCUT2D eigenvalue weighted by molar-refractivity contribution is -0.388. The zero-order chi connectivity index (χ0) is 14.6. The second kappa shape index (κ2) is 5.95. The molecule has 0 radical (unpaired) electrons. The van der Waals surface area contributed by atoms with Gasteiger partial charge in [0.15, 0.2) is 0 Å².